The molecule has 0 spiro atoms. The van der Waals surface area contributed by atoms with Crippen molar-refractivity contribution in [3.63, 3.8) is 0 Å². The number of rotatable bonds is 2. The summed E-state index contributed by atoms with van der Waals surface area (Å²) in [4.78, 5) is 0. The quantitative estimate of drug-likeness (QED) is 0.573. The van der Waals surface area contributed by atoms with Gasteiger partial charge in [-0.25, -0.2) is 8.42 Å². The average Bonchev–Trinajstić information content (AvgIpc) is 1.14. The van der Waals surface area contributed by atoms with Crippen LogP contribution in [0.3, 0.4) is 0 Å². The molecule has 0 aliphatic carbocycles. The monoisotopic (exact) mass is 168 g/mol. The lowest BCUT2D eigenvalue weighted by atomic mass is 11.8. The van der Waals surface area contributed by atoms with Gasteiger partial charge in [0.25, 0.3) is 10.1 Å². The van der Waals surface area contributed by atoms with Crippen molar-refractivity contribution in [2.24, 2.45) is 0 Å². The maximum absolute atomic E-state index is 10.5. The van der Waals surface area contributed by atoms with Crippen molar-refractivity contribution in [1.82, 2.24) is 0 Å². The Bertz CT molecular complexity index is 176. The van der Waals surface area contributed by atoms with E-state index in [1.807, 2.05) is 19.6 Å². The van der Waals surface area contributed by atoms with Crippen LogP contribution in [0.4, 0.5) is 0 Å². The van der Waals surface area contributed by atoms with Crippen molar-refractivity contribution >= 4 is 18.4 Å². The molecule has 0 radical (unpaired) electrons. The molecule has 0 bridgehead atoms. The summed E-state index contributed by atoms with van der Waals surface area (Å²) < 4.78 is 25.7. The fourth-order valence-corrected chi connectivity index (χ4v) is 4.09. The second-order valence-electron chi connectivity index (χ2n) is 2.90. The molecule has 0 amide bonds. The SMILES string of the molecule is C[Si](C)(C)OS(C)(=O)=O. The molecule has 0 atom stereocenters. The fourth-order valence-electron chi connectivity index (χ4n) is 0.454. The van der Waals surface area contributed by atoms with Gasteiger partial charge in [-0.2, -0.15) is 0 Å². The van der Waals surface area contributed by atoms with Crippen molar-refractivity contribution in [1.29, 1.82) is 0 Å². The molecule has 0 N–H and O–H groups in total. The van der Waals surface area contributed by atoms with Crippen LogP contribution >= 0.6 is 0 Å². The Labute approximate surface area is 57.3 Å². The molecule has 9 heavy (non-hydrogen) atoms. The third-order valence-corrected chi connectivity index (χ3v) is 3.61. The lowest BCUT2D eigenvalue weighted by molar-refractivity contribution is 0.493. The van der Waals surface area contributed by atoms with Crippen LogP contribution in [0.2, 0.25) is 19.6 Å². The average molecular weight is 168 g/mol. The second-order valence-corrected chi connectivity index (χ2v) is 9.20. The highest BCUT2D eigenvalue weighted by atomic mass is 32.2. The van der Waals surface area contributed by atoms with E-state index >= 15 is 0 Å². The minimum absolute atomic E-state index is 1.07. The summed E-state index contributed by atoms with van der Waals surface area (Å²) in [5.74, 6) is 0. The minimum Gasteiger partial charge on any atom is -0.316 e. The Kier molecular flexibility index (Phi) is 2.43. The summed E-state index contributed by atoms with van der Waals surface area (Å²) in [5.41, 5.74) is 0. The Morgan fingerprint density at radius 3 is 1.56 bits per heavy atom. The van der Waals surface area contributed by atoms with Gasteiger partial charge in [-0.1, -0.05) is 0 Å². The molecule has 0 aliphatic rings. The second kappa shape index (κ2) is 2.40. The van der Waals surface area contributed by atoms with E-state index < -0.39 is 18.4 Å². The zero-order valence-electron chi connectivity index (χ0n) is 6.13. The number of hydrogen-bond acceptors (Lipinski definition) is 3. The Hall–Kier alpha value is 0.127. The van der Waals surface area contributed by atoms with E-state index in [1.165, 1.54) is 0 Å². The van der Waals surface area contributed by atoms with Crippen LogP contribution in [0.25, 0.3) is 0 Å². The highest BCUT2D eigenvalue weighted by Gasteiger charge is 2.20. The van der Waals surface area contributed by atoms with E-state index in [9.17, 15) is 8.42 Å². The maximum atomic E-state index is 10.5. The molecule has 0 aliphatic heterocycles. The van der Waals surface area contributed by atoms with Gasteiger partial charge in [0, 0.05) is 0 Å². The van der Waals surface area contributed by atoms with Crippen molar-refractivity contribution in [2.75, 3.05) is 6.26 Å². The highest BCUT2D eigenvalue weighted by molar-refractivity contribution is 7.87. The molecule has 56 valence electrons. The van der Waals surface area contributed by atoms with Gasteiger partial charge in [0.05, 0.1) is 6.26 Å². The maximum Gasteiger partial charge on any atom is 0.254 e. The van der Waals surface area contributed by atoms with E-state index in [1.54, 1.807) is 0 Å². The Balaban J connectivity index is 4.07. The first-order chi connectivity index (χ1) is 3.71. The minimum atomic E-state index is -3.22. The van der Waals surface area contributed by atoms with Crippen LogP contribution in [0.5, 0.6) is 0 Å². The van der Waals surface area contributed by atoms with Crippen molar-refractivity contribution in [2.45, 2.75) is 19.6 Å². The van der Waals surface area contributed by atoms with Crippen molar-refractivity contribution in [3.05, 3.63) is 0 Å². The summed E-state index contributed by atoms with van der Waals surface area (Å²) >= 11 is 0. The molecule has 0 saturated heterocycles. The zero-order chi connectivity index (χ0) is 7.71. The molecule has 0 saturated carbocycles. The van der Waals surface area contributed by atoms with Crippen LogP contribution in [0.15, 0.2) is 0 Å². The summed E-state index contributed by atoms with van der Waals surface area (Å²) in [5, 5.41) is 0. The molecule has 0 heterocycles. The molecular formula is C4H12O3SSi. The van der Waals surface area contributed by atoms with Crippen LogP contribution in [-0.2, 0) is 14.0 Å². The Morgan fingerprint density at radius 2 is 1.56 bits per heavy atom. The molecular weight excluding hydrogens is 156 g/mol. The lowest BCUT2D eigenvalue weighted by Gasteiger charge is -2.13. The summed E-state index contributed by atoms with van der Waals surface area (Å²) in [6, 6.07) is 0. The predicted molar refractivity (Wildman–Crippen MR) is 39.3 cm³/mol. The lowest BCUT2D eigenvalue weighted by Crippen LogP contribution is -2.28. The number of hydrogen-bond donors (Lipinski definition) is 0. The summed E-state index contributed by atoms with van der Waals surface area (Å²) in [6.07, 6.45) is 1.07. The first-order valence-corrected chi connectivity index (χ1v) is 7.84. The van der Waals surface area contributed by atoms with Gasteiger partial charge in [-0.05, 0) is 19.6 Å². The largest absolute Gasteiger partial charge is 0.316 e. The fraction of sp³-hybridized carbons (Fsp3) is 1.00. The van der Waals surface area contributed by atoms with E-state index in [0.717, 1.165) is 6.26 Å². The van der Waals surface area contributed by atoms with Crippen LogP contribution in [0, 0.1) is 0 Å². The topological polar surface area (TPSA) is 43.4 Å². The van der Waals surface area contributed by atoms with Crippen molar-refractivity contribution in [3.8, 4) is 0 Å². The van der Waals surface area contributed by atoms with Gasteiger partial charge in [-0.3, -0.25) is 0 Å². The van der Waals surface area contributed by atoms with E-state index in [4.69, 9.17) is 3.87 Å². The van der Waals surface area contributed by atoms with Gasteiger partial charge in [0.1, 0.15) is 0 Å². The first kappa shape index (κ1) is 9.13. The molecule has 0 aromatic rings. The van der Waals surface area contributed by atoms with E-state index in [0.29, 0.717) is 0 Å². The molecule has 0 aromatic carbocycles. The third kappa shape index (κ3) is 8.13. The van der Waals surface area contributed by atoms with Gasteiger partial charge in [0.2, 0.25) is 8.32 Å². The van der Waals surface area contributed by atoms with E-state index in [2.05, 4.69) is 0 Å². The van der Waals surface area contributed by atoms with Crippen LogP contribution in [0.1, 0.15) is 0 Å². The molecule has 0 rings (SSSR count). The third-order valence-electron chi connectivity index (χ3n) is 0.401. The molecule has 0 aromatic heterocycles. The van der Waals surface area contributed by atoms with Gasteiger partial charge in [0.15, 0.2) is 0 Å². The highest BCUT2D eigenvalue weighted by Crippen LogP contribution is 2.05. The van der Waals surface area contributed by atoms with Crippen molar-refractivity contribution < 1.29 is 12.3 Å². The smallest absolute Gasteiger partial charge is 0.254 e. The Morgan fingerprint density at radius 1 is 1.22 bits per heavy atom. The molecule has 5 heteroatoms. The molecule has 0 fully saturated rings. The summed E-state index contributed by atoms with van der Waals surface area (Å²) in [6.45, 7) is 5.48. The van der Waals surface area contributed by atoms with Crippen LogP contribution < -0.4 is 0 Å². The summed E-state index contributed by atoms with van der Waals surface area (Å²) in [7, 11) is -5.10. The predicted octanol–water partition coefficient (Wildman–Crippen LogP) is 0.797. The first-order valence-electron chi connectivity index (χ1n) is 2.61. The van der Waals surface area contributed by atoms with Gasteiger partial charge in [-0.15, -0.1) is 0 Å². The standard InChI is InChI=1S/C4H12O3SSi/c1-8(5,6)7-9(2,3)4/h1-4H3. The molecule has 0 unspecified atom stereocenters. The molecule has 3 nitrogen and oxygen atoms in total. The normalized spacial score (nSPS) is 13.8. The van der Waals surface area contributed by atoms with Crippen LogP contribution in [-0.4, -0.2) is 23.0 Å². The van der Waals surface area contributed by atoms with Gasteiger partial charge < -0.3 is 3.87 Å². The van der Waals surface area contributed by atoms with Gasteiger partial charge >= 0.3 is 0 Å². The zero-order valence-corrected chi connectivity index (χ0v) is 7.95. The van der Waals surface area contributed by atoms with E-state index in [-0.39, 0.29) is 0 Å².